The standard InChI is InChI=1S/C13H10Cl2F3N3O3.C3H5ClO2/c1-5-19-21(13(24)20(5)12(17)18)10-3-6(2-8(15)11(22)23)7(14)4-9(10)16;4-2-1-3(5)6/h3-4,8,12H,2H2,1H3,(H,22,23);1-2H2,(H,5,6). The zero-order valence-electron chi connectivity index (χ0n) is 15.2. The Kier molecular flexibility index (Phi) is 9.66. The molecule has 2 N–H and O–H groups in total. The Labute approximate surface area is 182 Å². The highest BCUT2D eigenvalue weighted by Gasteiger charge is 2.22. The van der Waals surface area contributed by atoms with E-state index in [0.717, 1.165) is 19.1 Å². The number of aryl methyl sites for hydroxylation is 1. The van der Waals surface area contributed by atoms with Crippen LogP contribution in [0.15, 0.2) is 16.9 Å². The second-order valence-electron chi connectivity index (χ2n) is 5.63. The molecule has 166 valence electrons. The summed E-state index contributed by atoms with van der Waals surface area (Å²) in [5.74, 6) is -3.24. The number of hydrogen-bond acceptors (Lipinski definition) is 4. The molecule has 0 fully saturated rings. The van der Waals surface area contributed by atoms with E-state index in [9.17, 15) is 27.6 Å². The predicted molar refractivity (Wildman–Crippen MR) is 103 cm³/mol. The van der Waals surface area contributed by atoms with Crippen LogP contribution in [-0.2, 0) is 16.0 Å². The molecule has 0 aliphatic heterocycles. The van der Waals surface area contributed by atoms with E-state index in [-0.39, 0.29) is 39.7 Å². The lowest BCUT2D eigenvalue weighted by Gasteiger charge is -2.10. The molecule has 0 aliphatic carbocycles. The summed E-state index contributed by atoms with van der Waals surface area (Å²) in [4.78, 5) is 32.3. The predicted octanol–water partition coefficient (Wildman–Crippen LogP) is 3.46. The molecule has 1 aromatic heterocycles. The molecule has 14 heteroatoms. The van der Waals surface area contributed by atoms with E-state index in [1.807, 2.05) is 0 Å². The third kappa shape index (κ3) is 6.64. The number of carboxylic acids is 2. The third-order valence-corrected chi connectivity index (χ3v) is 4.38. The Bertz CT molecular complexity index is 981. The van der Waals surface area contributed by atoms with Gasteiger partial charge in [0, 0.05) is 17.3 Å². The molecular weight excluding hydrogens is 478 g/mol. The molecule has 1 heterocycles. The van der Waals surface area contributed by atoms with Crippen molar-refractivity contribution < 1.29 is 33.0 Å². The fourth-order valence-electron chi connectivity index (χ4n) is 2.12. The number of nitrogens with zero attached hydrogens (tertiary/aromatic N) is 3. The molecule has 8 nitrogen and oxygen atoms in total. The lowest BCUT2D eigenvalue weighted by Crippen LogP contribution is -2.25. The van der Waals surface area contributed by atoms with Gasteiger partial charge in [0.05, 0.1) is 6.42 Å². The maximum absolute atomic E-state index is 14.1. The molecule has 1 unspecified atom stereocenters. The highest BCUT2D eigenvalue weighted by Crippen LogP contribution is 2.25. The number of alkyl halides is 4. The number of carbonyl (C=O) groups is 2. The summed E-state index contributed by atoms with van der Waals surface area (Å²) in [6.45, 7) is -1.97. The Morgan fingerprint density at radius 3 is 2.27 bits per heavy atom. The first kappa shape index (κ1) is 25.8. The Morgan fingerprint density at radius 2 is 1.87 bits per heavy atom. The summed E-state index contributed by atoms with van der Waals surface area (Å²) in [6, 6.07) is 1.89. The largest absolute Gasteiger partial charge is 0.481 e. The first-order chi connectivity index (χ1) is 13.9. The van der Waals surface area contributed by atoms with Gasteiger partial charge in [-0.05, 0) is 24.6 Å². The van der Waals surface area contributed by atoms with Crippen LogP contribution in [0.4, 0.5) is 13.2 Å². The lowest BCUT2D eigenvalue weighted by molar-refractivity contribution is -0.137. The number of rotatable bonds is 7. The van der Waals surface area contributed by atoms with Crippen molar-refractivity contribution in [2.45, 2.75) is 31.7 Å². The van der Waals surface area contributed by atoms with Gasteiger partial charge >= 0.3 is 24.2 Å². The van der Waals surface area contributed by atoms with Crippen LogP contribution in [0.3, 0.4) is 0 Å². The summed E-state index contributed by atoms with van der Waals surface area (Å²) in [5, 5.41) is 18.8. The van der Waals surface area contributed by atoms with E-state index < -0.39 is 41.1 Å². The topological polar surface area (TPSA) is 114 Å². The average molecular weight is 493 g/mol. The van der Waals surface area contributed by atoms with E-state index in [0.29, 0.717) is 4.68 Å². The molecule has 0 amide bonds. The van der Waals surface area contributed by atoms with E-state index in [1.165, 1.54) is 0 Å². The van der Waals surface area contributed by atoms with E-state index in [2.05, 4.69) is 5.10 Å². The fourth-order valence-corrected chi connectivity index (χ4v) is 2.67. The SMILES string of the molecule is Cc1nn(-c2cc(CC(Cl)C(=O)O)c(Cl)cc2F)c(=O)n1C(F)F.O=C(O)CCCl. The van der Waals surface area contributed by atoms with Gasteiger partial charge in [0.15, 0.2) is 5.82 Å². The van der Waals surface area contributed by atoms with Gasteiger partial charge in [-0.15, -0.1) is 28.3 Å². The summed E-state index contributed by atoms with van der Waals surface area (Å²) in [5.41, 5.74) is -1.54. The van der Waals surface area contributed by atoms with Gasteiger partial charge in [0.2, 0.25) is 0 Å². The molecule has 0 aliphatic rings. The van der Waals surface area contributed by atoms with Gasteiger partial charge < -0.3 is 10.2 Å². The number of halogens is 6. The highest BCUT2D eigenvalue weighted by molar-refractivity contribution is 6.32. The molecule has 1 aromatic carbocycles. The van der Waals surface area contributed by atoms with E-state index in [1.54, 1.807) is 0 Å². The molecule has 0 radical (unpaired) electrons. The van der Waals surface area contributed by atoms with Crippen LogP contribution >= 0.6 is 34.8 Å². The molecule has 30 heavy (non-hydrogen) atoms. The van der Waals surface area contributed by atoms with Crippen molar-refractivity contribution in [3.05, 3.63) is 44.8 Å². The van der Waals surface area contributed by atoms with Crippen molar-refractivity contribution in [1.29, 1.82) is 0 Å². The zero-order valence-corrected chi connectivity index (χ0v) is 17.4. The van der Waals surface area contributed by atoms with Crippen LogP contribution in [0.25, 0.3) is 5.69 Å². The lowest BCUT2D eigenvalue weighted by atomic mass is 10.1. The first-order valence-corrected chi connectivity index (χ1v) is 9.34. The fraction of sp³-hybridized carbons (Fsp3) is 0.375. The molecule has 0 bridgehead atoms. The maximum atomic E-state index is 14.1. The normalized spacial score (nSPS) is 11.7. The van der Waals surface area contributed by atoms with Crippen molar-refractivity contribution in [3.8, 4) is 5.69 Å². The van der Waals surface area contributed by atoms with E-state index >= 15 is 0 Å². The van der Waals surface area contributed by atoms with Crippen LogP contribution in [0, 0.1) is 12.7 Å². The van der Waals surface area contributed by atoms with Crippen LogP contribution in [0.5, 0.6) is 0 Å². The minimum Gasteiger partial charge on any atom is -0.481 e. The molecule has 0 saturated carbocycles. The number of hydrogen-bond donors (Lipinski definition) is 2. The molecular formula is C16H15Cl3F3N3O5. The molecule has 1 atom stereocenters. The Hall–Kier alpha value is -2.24. The second-order valence-corrected chi connectivity index (χ2v) is 6.94. The monoisotopic (exact) mass is 491 g/mol. The smallest absolute Gasteiger partial charge is 0.355 e. The van der Waals surface area contributed by atoms with Gasteiger partial charge in [-0.1, -0.05) is 11.6 Å². The van der Waals surface area contributed by atoms with Crippen molar-refractivity contribution in [2.75, 3.05) is 5.88 Å². The van der Waals surface area contributed by atoms with Crippen LogP contribution in [0.1, 0.15) is 24.4 Å². The number of aliphatic carboxylic acids is 2. The van der Waals surface area contributed by atoms with E-state index in [4.69, 9.17) is 45.0 Å². The molecule has 0 saturated heterocycles. The van der Waals surface area contributed by atoms with Gasteiger partial charge in [-0.25, -0.2) is 13.8 Å². The minimum atomic E-state index is -3.14. The van der Waals surface area contributed by atoms with Crippen LogP contribution in [0.2, 0.25) is 5.02 Å². The van der Waals surface area contributed by atoms with Gasteiger partial charge in [0.25, 0.3) is 0 Å². The van der Waals surface area contributed by atoms with Crippen molar-refractivity contribution >= 4 is 46.7 Å². The zero-order chi connectivity index (χ0) is 23.2. The second kappa shape index (κ2) is 11.2. The highest BCUT2D eigenvalue weighted by atomic mass is 35.5. The molecule has 0 spiro atoms. The van der Waals surface area contributed by atoms with Crippen molar-refractivity contribution in [1.82, 2.24) is 14.3 Å². The first-order valence-electron chi connectivity index (χ1n) is 7.99. The van der Waals surface area contributed by atoms with Gasteiger partial charge in [-0.2, -0.15) is 13.5 Å². The summed E-state index contributed by atoms with van der Waals surface area (Å²) < 4.78 is 40.3. The quantitative estimate of drug-likeness (QED) is 0.572. The molecule has 2 aromatic rings. The van der Waals surface area contributed by atoms with Crippen LogP contribution < -0.4 is 5.69 Å². The van der Waals surface area contributed by atoms with Crippen molar-refractivity contribution in [2.24, 2.45) is 0 Å². The van der Waals surface area contributed by atoms with Gasteiger partial charge in [0.1, 0.15) is 16.9 Å². The Morgan fingerprint density at radius 1 is 1.27 bits per heavy atom. The number of aromatic nitrogens is 3. The van der Waals surface area contributed by atoms with Crippen LogP contribution in [-0.4, -0.2) is 47.8 Å². The van der Waals surface area contributed by atoms with Crippen molar-refractivity contribution in [3.63, 3.8) is 0 Å². The van der Waals surface area contributed by atoms with Gasteiger partial charge in [-0.3, -0.25) is 9.59 Å². The minimum absolute atomic E-state index is 0.0571. The molecule has 2 rings (SSSR count). The number of carboxylic acid groups (broad SMARTS) is 2. The average Bonchev–Trinajstić information content (AvgIpc) is 2.91. The number of benzene rings is 1. The Balaban J connectivity index is 0.000000656. The summed E-state index contributed by atoms with van der Waals surface area (Å²) in [6.07, 6.45) is -0.201. The summed E-state index contributed by atoms with van der Waals surface area (Å²) >= 11 is 16.5. The summed E-state index contributed by atoms with van der Waals surface area (Å²) in [7, 11) is 0. The maximum Gasteiger partial charge on any atom is 0.355 e. The third-order valence-electron chi connectivity index (χ3n) is 3.50.